The lowest BCUT2D eigenvalue weighted by molar-refractivity contribution is -0.120. The third-order valence-electron chi connectivity index (χ3n) is 4.25. The first kappa shape index (κ1) is 15.7. The monoisotopic (exact) mass is 355 g/mol. The Morgan fingerprint density at radius 2 is 2.04 bits per heavy atom. The molecule has 0 aliphatic carbocycles. The second-order valence-corrected chi connectivity index (χ2v) is 6.95. The molecule has 0 spiro atoms. The molecule has 0 atom stereocenters. The lowest BCUT2D eigenvalue weighted by Gasteiger charge is -2.37. The van der Waals surface area contributed by atoms with Gasteiger partial charge in [0.15, 0.2) is 5.13 Å². The highest BCUT2D eigenvalue weighted by molar-refractivity contribution is 7.22. The number of aromatic hydroxyl groups is 1. The molecule has 1 aliphatic rings. The summed E-state index contributed by atoms with van der Waals surface area (Å²) >= 11 is 1.61. The first-order valence-electron chi connectivity index (χ1n) is 7.92. The molecule has 2 N–H and O–H groups in total. The molecule has 2 heterocycles. The van der Waals surface area contributed by atoms with E-state index in [-0.39, 0.29) is 17.6 Å². The lowest BCUT2D eigenvalue weighted by atomic mass is 10.00. The maximum absolute atomic E-state index is 12.3. The van der Waals surface area contributed by atoms with Crippen molar-refractivity contribution in [1.82, 2.24) is 4.98 Å². The first-order chi connectivity index (χ1) is 12.1. The van der Waals surface area contributed by atoms with Gasteiger partial charge in [-0.1, -0.05) is 17.4 Å². The van der Waals surface area contributed by atoms with Crippen molar-refractivity contribution >= 4 is 38.3 Å². The van der Waals surface area contributed by atoms with Crippen LogP contribution in [0.15, 0.2) is 42.5 Å². The van der Waals surface area contributed by atoms with Gasteiger partial charge in [-0.2, -0.15) is 0 Å². The number of rotatable bonds is 4. The Labute approximate surface area is 148 Å². The number of phenolic OH excluding ortho intramolecular Hbond substituents is 1. The van der Waals surface area contributed by atoms with E-state index in [4.69, 9.17) is 4.74 Å². The zero-order valence-electron chi connectivity index (χ0n) is 13.6. The van der Waals surface area contributed by atoms with Crippen molar-refractivity contribution in [2.75, 3.05) is 30.4 Å². The molecule has 1 aromatic heterocycles. The van der Waals surface area contributed by atoms with Crippen LogP contribution in [0.25, 0.3) is 10.2 Å². The van der Waals surface area contributed by atoms with Crippen LogP contribution in [0.3, 0.4) is 0 Å². The SMILES string of the molecule is COc1cccc2sc(N3CC(C(=O)Nc4ccc(O)cc4)C3)nc12. The van der Waals surface area contributed by atoms with Gasteiger partial charge < -0.3 is 20.1 Å². The summed E-state index contributed by atoms with van der Waals surface area (Å²) < 4.78 is 6.43. The van der Waals surface area contributed by atoms with E-state index < -0.39 is 0 Å². The van der Waals surface area contributed by atoms with Gasteiger partial charge in [-0.3, -0.25) is 4.79 Å². The average Bonchev–Trinajstić information content (AvgIpc) is 2.99. The quantitative estimate of drug-likeness (QED) is 0.704. The van der Waals surface area contributed by atoms with Crippen LogP contribution in [0, 0.1) is 5.92 Å². The summed E-state index contributed by atoms with van der Waals surface area (Å²) in [5.41, 5.74) is 1.55. The molecule has 7 heteroatoms. The van der Waals surface area contributed by atoms with Gasteiger partial charge in [-0.15, -0.1) is 0 Å². The molecule has 1 aliphatic heterocycles. The van der Waals surface area contributed by atoms with E-state index in [1.54, 1.807) is 42.7 Å². The zero-order chi connectivity index (χ0) is 17.4. The number of hydrogen-bond acceptors (Lipinski definition) is 6. The molecule has 0 unspecified atom stereocenters. The molecule has 3 aromatic rings. The summed E-state index contributed by atoms with van der Waals surface area (Å²) in [6.45, 7) is 1.29. The Kier molecular flexibility index (Phi) is 3.93. The molecule has 1 saturated heterocycles. The smallest absolute Gasteiger partial charge is 0.231 e. The van der Waals surface area contributed by atoms with Crippen LogP contribution in [0.4, 0.5) is 10.8 Å². The molecule has 0 saturated carbocycles. The molecule has 4 rings (SSSR count). The number of para-hydroxylation sites is 1. The van der Waals surface area contributed by atoms with Crippen LogP contribution in [-0.4, -0.2) is 36.2 Å². The fraction of sp³-hybridized carbons (Fsp3) is 0.222. The van der Waals surface area contributed by atoms with Crippen LogP contribution in [0.2, 0.25) is 0 Å². The minimum atomic E-state index is -0.0669. The number of phenols is 1. The van der Waals surface area contributed by atoms with Gasteiger partial charge in [0.05, 0.1) is 17.7 Å². The van der Waals surface area contributed by atoms with Gasteiger partial charge in [0.1, 0.15) is 17.0 Å². The number of amides is 1. The van der Waals surface area contributed by atoms with Gasteiger partial charge in [0.25, 0.3) is 0 Å². The first-order valence-corrected chi connectivity index (χ1v) is 8.74. The van der Waals surface area contributed by atoms with Crippen LogP contribution < -0.4 is 15.0 Å². The molecule has 0 radical (unpaired) electrons. The van der Waals surface area contributed by atoms with Gasteiger partial charge >= 0.3 is 0 Å². The fourth-order valence-corrected chi connectivity index (χ4v) is 3.80. The van der Waals surface area contributed by atoms with E-state index in [9.17, 15) is 9.90 Å². The number of methoxy groups -OCH3 is 1. The minimum absolute atomic E-state index is 0.0133. The van der Waals surface area contributed by atoms with Crippen molar-refractivity contribution in [2.45, 2.75) is 0 Å². The number of carbonyl (C=O) groups excluding carboxylic acids is 1. The predicted octanol–water partition coefficient (Wildman–Crippen LogP) is 3.09. The number of nitrogens with zero attached hydrogens (tertiary/aromatic N) is 2. The van der Waals surface area contributed by atoms with E-state index in [1.165, 1.54) is 0 Å². The Morgan fingerprint density at radius 1 is 1.28 bits per heavy atom. The summed E-state index contributed by atoms with van der Waals surface area (Å²) in [4.78, 5) is 19.0. The van der Waals surface area contributed by atoms with Crippen LogP contribution in [-0.2, 0) is 4.79 Å². The molecule has 1 fully saturated rings. The second-order valence-electron chi connectivity index (χ2n) is 5.94. The van der Waals surface area contributed by atoms with Gasteiger partial charge in [-0.25, -0.2) is 4.98 Å². The molecule has 1 amide bonds. The van der Waals surface area contributed by atoms with Crippen molar-refractivity contribution in [2.24, 2.45) is 5.92 Å². The number of aromatic nitrogens is 1. The van der Waals surface area contributed by atoms with Gasteiger partial charge in [0, 0.05) is 18.8 Å². The molecule has 25 heavy (non-hydrogen) atoms. The summed E-state index contributed by atoms with van der Waals surface area (Å²) in [5, 5.41) is 13.1. The van der Waals surface area contributed by atoms with Crippen molar-refractivity contribution in [3.8, 4) is 11.5 Å². The van der Waals surface area contributed by atoms with Crippen LogP contribution in [0.1, 0.15) is 0 Å². The summed E-state index contributed by atoms with van der Waals surface area (Å²) in [5.74, 6) is 0.865. The van der Waals surface area contributed by atoms with E-state index in [0.29, 0.717) is 18.8 Å². The van der Waals surface area contributed by atoms with Crippen molar-refractivity contribution in [1.29, 1.82) is 0 Å². The zero-order valence-corrected chi connectivity index (χ0v) is 14.4. The van der Waals surface area contributed by atoms with Crippen LogP contribution in [0.5, 0.6) is 11.5 Å². The standard InChI is InChI=1S/C18H17N3O3S/c1-24-14-3-2-4-15-16(14)20-18(25-15)21-9-11(10-21)17(23)19-12-5-7-13(22)8-6-12/h2-8,11,22H,9-10H2,1H3,(H,19,23). The molecular formula is C18H17N3O3S. The number of carbonyl (C=O) groups is 1. The largest absolute Gasteiger partial charge is 0.508 e. The number of fused-ring (bicyclic) bond motifs is 1. The van der Waals surface area contributed by atoms with E-state index >= 15 is 0 Å². The summed E-state index contributed by atoms with van der Waals surface area (Å²) in [6.07, 6.45) is 0. The van der Waals surface area contributed by atoms with Crippen molar-refractivity contribution in [3.63, 3.8) is 0 Å². The second kappa shape index (κ2) is 6.25. The maximum atomic E-state index is 12.3. The third-order valence-corrected chi connectivity index (χ3v) is 5.33. The van der Waals surface area contributed by atoms with E-state index in [1.807, 2.05) is 18.2 Å². The van der Waals surface area contributed by atoms with E-state index in [2.05, 4.69) is 15.2 Å². The molecule has 6 nitrogen and oxygen atoms in total. The Balaban J connectivity index is 1.41. The highest BCUT2D eigenvalue weighted by atomic mass is 32.1. The summed E-state index contributed by atoms with van der Waals surface area (Å²) in [7, 11) is 1.64. The number of nitrogens with one attached hydrogen (secondary N) is 1. The molecule has 2 aromatic carbocycles. The average molecular weight is 355 g/mol. The van der Waals surface area contributed by atoms with Gasteiger partial charge in [0.2, 0.25) is 5.91 Å². The Hall–Kier alpha value is -2.80. The number of thiazole rings is 1. The van der Waals surface area contributed by atoms with Gasteiger partial charge in [-0.05, 0) is 36.4 Å². The number of ether oxygens (including phenoxy) is 1. The van der Waals surface area contributed by atoms with Crippen molar-refractivity contribution < 1.29 is 14.6 Å². The number of benzene rings is 2. The number of anilines is 2. The highest BCUT2D eigenvalue weighted by Gasteiger charge is 2.34. The molecule has 0 bridgehead atoms. The molecular weight excluding hydrogens is 338 g/mol. The fourth-order valence-electron chi connectivity index (χ4n) is 2.80. The van der Waals surface area contributed by atoms with Crippen molar-refractivity contribution in [3.05, 3.63) is 42.5 Å². The Bertz CT molecular complexity index is 917. The third kappa shape index (κ3) is 2.98. The molecule has 128 valence electrons. The van der Waals surface area contributed by atoms with Crippen LogP contribution >= 0.6 is 11.3 Å². The highest BCUT2D eigenvalue weighted by Crippen LogP contribution is 2.36. The summed E-state index contributed by atoms with van der Waals surface area (Å²) in [6, 6.07) is 12.3. The lowest BCUT2D eigenvalue weighted by Crippen LogP contribution is -2.52. The van der Waals surface area contributed by atoms with E-state index in [0.717, 1.165) is 21.1 Å². The maximum Gasteiger partial charge on any atom is 0.231 e. The predicted molar refractivity (Wildman–Crippen MR) is 98.6 cm³/mol. The number of hydrogen-bond donors (Lipinski definition) is 2. The Morgan fingerprint density at radius 3 is 2.76 bits per heavy atom. The topological polar surface area (TPSA) is 74.7 Å². The normalized spacial score (nSPS) is 14.4. The minimum Gasteiger partial charge on any atom is -0.508 e.